The molecule has 6 heteroatoms. The number of amides is 1. The molecule has 1 saturated heterocycles. The molecule has 1 atom stereocenters. The topological polar surface area (TPSA) is 65.2 Å². The first-order chi connectivity index (χ1) is 14.6. The number of carbonyl (C=O) groups excluding carboxylic acids is 1. The molecule has 0 bridgehead atoms. The van der Waals surface area contributed by atoms with Gasteiger partial charge in [-0.15, -0.1) is 0 Å². The average molecular weight is 422 g/mol. The van der Waals surface area contributed by atoms with Gasteiger partial charge in [0, 0.05) is 17.3 Å². The first-order valence-corrected chi connectivity index (χ1v) is 10.5. The number of benzene rings is 2. The van der Waals surface area contributed by atoms with E-state index in [0.29, 0.717) is 11.6 Å². The zero-order valence-electron chi connectivity index (χ0n) is 16.6. The second-order valence-electron chi connectivity index (χ2n) is 7.58. The highest BCUT2D eigenvalue weighted by atomic mass is 35.5. The summed E-state index contributed by atoms with van der Waals surface area (Å²) >= 11 is 6.02. The minimum absolute atomic E-state index is 0.107. The minimum atomic E-state index is -0.409. The third-order valence-electron chi connectivity index (χ3n) is 5.42. The molecular weight excluding hydrogens is 398 g/mol. The fourth-order valence-corrected chi connectivity index (χ4v) is 3.96. The number of nitrogens with zero attached hydrogens (tertiary/aromatic N) is 1. The molecular formula is C24H24ClN3O2. The number of hydrogen-bond donors (Lipinski definition) is 2. The van der Waals surface area contributed by atoms with E-state index < -0.39 is 5.91 Å². The molecule has 1 aromatic heterocycles. The number of pyridine rings is 1. The third kappa shape index (κ3) is 4.81. The number of aromatic nitrogens is 1. The van der Waals surface area contributed by atoms with Crippen molar-refractivity contribution in [3.05, 3.63) is 104 Å². The summed E-state index contributed by atoms with van der Waals surface area (Å²) in [5, 5.41) is 3.63. The first-order valence-electron chi connectivity index (χ1n) is 10.2. The van der Waals surface area contributed by atoms with E-state index in [1.807, 2.05) is 48.5 Å². The van der Waals surface area contributed by atoms with Crippen molar-refractivity contribution >= 4 is 17.5 Å². The molecule has 1 aliphatic heterocycles. The van der Waals surface area contributed by atoms with Crippen LogP contribution in [0.1, 0.15) is 46.1 Å². The predicted octanol–water partition coefficient (Wildman–Crippen LogP) is 4.14. The van der Waals surface area contributed by atoms with Crippen LogP contribution < -0.4 is 10.9 Å². The van der Waals surface area contributed by atoms with E-state index in [1.54, 1.807) is 18.2 Å². The molecule has 3 aromatic rings. The zero-order chi connectivity index (χ0) is 20.9. The van der Waals surface area contributed by atoms with Crippen LogP contribution in [0.25, 0.3) is 0 Å². The number of halogens is 1. The van der Waals surface area contributed by atoms with Crippen LogP contribution in [0, 0.1) is 0 Å². The normalized spacial score (nSPS) is 15.1. The smallest absolute Gasteiger partial charge is 0.261 e. The van der Waals surface area contributed by atoms with Gasteiger partial charge in [0.2, 0.25) is 0 Å². The van der Waals surface area contributed by atoms with Crippen molar-refractivity contribution in [2.45, 2.75) is 25.4 Å². The number of aromatic amines is 1. The molecule has 0 unspecified atom stereocenters. The van der Waals surface area contributed by atoms with Gasteiger partial charge in [-0.1, -0.05) is 54.1 Å². The maximum atomic E-state index is 13.0. The lowest BCUT2D eigenvalue weighted by molar-refractivity contribution is 0.0941. The van der Waals surface area contributed by atoms with Crippen molar-refractivity contribution in [1.29, 1.82) is 0 Å². The van der Waals surface area contributed by atoms with Crippen LogP contribution >= 0.6 is 11.6 Å². The Morgan fingerprint density at radius 1 is 0.967 bits per heavy atom. The molecule has 2 N–H and O–H groups in total. The van der Waals surface area contributed by atoms with Crippen molar-refractivity contribution in [3.8, 4) is 0 Å². The second kappa shape index (κ2) is 9.28. The summed E-state index contributed by atoms with van der Waals surface area (Å²) in [6, 6.07) is 20.1. The summed E-state index contributed by atoms with van der Waals surface area (Å²) < 4.78 is 0. The van der Waals surface area contributed by atoms with Crippen molar-refractivity contribution < 1.29 is 4.79 Å². The lowest BCUT2D eigenvalue weighted by Crippen LogP contribution is -2.34. The van der Waals surface area contributed by atoms with E-state index in [-0.39, 0.29) is 17.2 Å². The number of H-pyrrole nitrogens is 1. The van der Waals surface area contributed by atoms with E-state index >= 15 is 0 Å². The van der Waals surface area contributed by atoms with Gasteiger partial charge >= 0.3 is 0 Å². The van der Waals surface area contributed by atoms with Crippen molar-refractivity contribution in [2.24, 2.45) is 0 Å². The molecule has 4 rings (SSSR count). The highest BCUT2D eigenvalue weighted by Crippen LogP contribution is 2.24. The summed E-state index contributed by atoms with van der Waals surface area (Å²) in [6.07, 6.45) is 2.38. The van der Waals surface area contributed by atoms with Crippen LogP contribution in [0.15, 0.2) is 71.5 Å². The second-order valence-corrected chi connectivity index (χ2v) is 8.01. The van der Waals surface area contributed by atoms with E-state index in [1.165, 1.54) is 12.8 Å². The van der Waals surface area contributed by atoms with Gasteiger partial charge in [0.05, 0.1) is 6.04 Å². The van der Waals surface area contributed by atoms with Gasteiger partial charge in [-0.05, 0) is 61.3 Å². The zero-order valence-corrected chi connectivity index (χ0v) is 17.4. The highest BCUT2D eigenvalue weighted by Gasteiger charge is 2.20. The number of carbonyl (C=O) groups is 1. The Morgan fingerprint density at radius 3 is 2.30 bits per heavy atom. The quantitative estimate of drug-likeness (QED) is 0.628. The minimum Gasteiger partial charge on any atom is -0.341 e. The Bertz CT molecular complexity index is 1060. The summed E-state index contributed by atoms with van der Waals surface area (Å²) in [5.41, 5.74) is 2.38. The van der Waals surface area contributed by atoms with Crippen molar-refractivity contribution in [3.63, 3.8) is 0 Å². The highest BCUT2D eigenvalue weighted by molar-refractivity contribution is 6.30. The van der Waals surface area contributed by atoms with Gasteiger partial charge in [0.15, 0.2) is 0 Å². The maximum absolute atomic E-state index is 13.0. The molecule has 0 aliphatic carbocycles. The Morgan fingerprint density at radius 2 is 1.63 bits per heavy atom. The third-order valence-corrected chi connectivity index (χ3v) is 5.67. The standard InChI is InChI=1S/C24H24ClN3O2/c25-19-10-8-18(9-11-19)22(17-6-2-1-3-7-17)27-24(30)21-13-12-20(26-23(21)29)16-28-14-4-5-15-28/h1-3,6-13,22H,4-5,14-16H2,(H,26,29)(H,27,30)/t22-/m0/s1. The molecule has 0 saturated carbocycles. The Hall–Kier alpha value is -2.89. The van der Waals surface area contributed by atoms with Crippen LogP contribution in [-0.4, -0.2) is 28.9 Å². The van der Waals surface area contributed by atoms with Gasteiger partial charge in [-0.2, -0.15) is 0 Å². The predicted molar refractivity (Wildman–Crippen MR) is 119 cm³/mol. The molecule has 5 nitrogen and oxygen atoms in total. The Labute approximate surface area is 180 Å². The summed E-state index contributed by atoms with van der Waals surface area (Å²) in [5.74, 6) is -0.409. The van der Waals surface area contributed by atoms with Crippen LogP contribution in [0.3, 0.4) is 0 Å². The fraction of sp³-hybridized carbons (Fsp3) is 0.250. The van der Waals surface area contributed by atoms with E-state index in [4.69, 9.17) is 11.6 Å². The van der Waals surface area contributed by atoms with Gasteiger partial charge in [-0.25, -0.2) is 0 Å². The monoisotopic (exact) mass is 421 g/mol. The molecule has 1 fully saturated rings. The number of likely N-dealkylation sites (tertiary alicyclic amines) is 1. The number of rotatable bonds is 6. The van der Waals surface area contributed by atoms with Crippen LogP contribution in [0.5, 0.6) is 0 Å². The van der Waals surface area contributed by atoms with Gasteiger partial charge in [-0.3, -0.25) is 14.5 Å². The average Bonchev–Trinajstić information content (AvgIpc) is 3.26. The molecule has 1 aliphatic rings. The summed E-state index contributed by atoms with van der Waals surface area (Å²) in [4.78, 5) is 30.8. The number of hydrogen-bond acceptors (Lipinski definition) is 3. The van der Waals surface area contributed by atoms with Crippen LogP contribution in [0.4, 0.5) is 0 Å². The largest absolute Gasteiger partial charge is 0.341 e. The Kier molecular flexibility index (Phi) is 6.31. The van der Waals surface area contributed by atoms with Crippen molar-refractivity contribution in [2.75, 3.05) is 13.1 Å². The molecule has 2 heterocycles. The molecule has 2 aromatic carbocycles. The number of nitrogens with one attached hydrogen (secondary N) is 2. The first kappa shape index (κ1) is 20.4. The molecule has 1 amide bonds. The maximum Gasteiger partial charge on any atom is 0.261 e. The van der Waals surface area contributed by atoms with E-state index in [0.717, 1.165) is 29.9 Å². The van der Waals surface area contributed by atoms with Crippen molar-refractivity contribution in [1.82, 2.24) is 15.2 Å². The lowest BCUT2D eigenvalue weighted by atomic mass is 9.98. The van der Waals surface area contributed by atoms with Crippen LogP contribution in [0.2, 0.25) is 5.02 Å². The molecule has 0 radical (unpaired) electrons. The molecule has 30 heavy (non-hydrogen) atoms. The summed E-state index contributed by atoms with van der Waals surface area (Å²) in [6.45, 7) is 2.79. The van der Waals surface area contributed by atoms with Gasteiger partial charge < -0.3 is 10.3 Å². The lowest BCUT2D eigenvalue weighted by Gasteiger charge is -2.20. The Balaban J connectivity index is 1.56. The van der Waals surface area contributed by atoms with Gasteiger partial charge in [0.1, 0.15) is 5.56 Å². The van der Waals surface area contributed by atoms with E-state index in [2.05, 4.69) is 15.2 Å². The SMILES string of the molecule is O=C(N[C@@H](c1ccccc1)c1ccc(Cl)cc1)c1ccc(CN2CCCC2)[nH]c1=O. The van der Waals surface area contributed by atoms with E-state index in [9.17, 15) is 9.59 Å². The molecule has 0 spiro atoms. The molecule has 154 valence electrons. The fourth-order valence-electron chi connectivity index (χ4n) is 3.84. The van der Waals surface area contributed by atoms with Gasteiger partial charge in [0.25, 0.3) is 11.5 Å². The summed E-state index contributed by atoms with van der Waals surface area (Å²) in [7, 11) is 0. The van der Waals surface area contributed by atoms with Crippen LogP contribution in [-0.2, 0) is 6.54 Å².